The van der Waals surface area contributed by atoms with Gasteiger partial charge in [-0.1, -0.05) is 13.8 Å². The third-order valence-corrected chi connectivity index (χ3v) is 3.15. The van der Waals surface area contributed by atoms with Crippen LogP contribution in [0.25, 0.3) is 0 Å². The molecule has 0 radical (unpaired) electrons. The van der Waals surface area contributed by atoms with E-state index in [2.05, 4.69) is 23.8 Å². The molecule has 1 unspecified atom stereocenters. The lowest BCUT2D eigenvalue weighted by Crippen LogP contribution is -2.15. The van der Waals surface area contributed by atoms with Gasteiger partial charge in [-0.15, -0.1) is 0 Å². The highest BCUT2D eigenvalue weighted by Crippen LogP contribution is 2.19. The van der Waals surface area contributed by atoms with E-state index in [1.807, 2.05) is 6.20 Å². The number of hydrogen-bond donors (Lipinski definition) is 1. The van der Waals surface area contributed by atoms with E-state index >= 15 is 0 Å². The number of aromatic nitrogens is 2. The molecule has 0 spiro atoms. The van der Waals surface area contributed by atoms with Crippen molar-refractivity contribution < 1.29 is 4.74 Å². The van der Waals surface area contributed by atoms with Crippen LogP contribution in [0.3, 0.4) is 0 Å². The first kappa shape index (κ1) is 12.5. The normalized spacial score (nSPS) is 20.1. The van der Waals surface area contributed by atoms with Gasteiger partial charge in [0.15, 0.2) is 0 Å². The van der Waals surface area contributed by atoms with E-state index in [1.165, 1.54) is 0 Å². The van der Waals surface area contributed by atoms with Crippen LogP contribution in [0.4, 0.5) is 0 Å². The molecule has 1 atom stereocenters. The Kier molecular flexibility index (Phi) is 4.07. The molecule has 1 fully saturated rings. The lowest BCUT2D eigenvalue weighted by Gasteiger charge is -2.13. The largest absolute Gasteiger partial charge is 0.378 e. The van der Waals surface area contributed by atoms with Crippen LogP contribution in [0, 0.1) is 0 Å². The molecule has 94 valence electrons. The van der Waals surface area contributed by atoms with Crippen molar-refractivity contribution in [2.24, 2.45) is 5.73 Å². The summed E-state index contributed by atoms with van der Waals surface area (Å²) in [7, 11) is 0. The molecule has 2 rings (SSSR count). The Labute approximate surface area is 103 Å². The van der Waals surface area contributed by atoms with Crippen molar-refractivity contribution in [2.45, 2.75) is 51.7 Å². The van der Waals surface area contributed by atoms with E-state index in [0.29, 0.717) is 18.6 Å². The van der Waals surface area contributed by atoms with Crippen molar-refractivity contribution in [3.63, 3.8) is 0 Å². The first-order valence-corrected chi connectivity index (χ1v) is 6.37. The molecule has 0 saturated carbocycles. The predicted molar refractivity (Wildman–Crippen MR) is 66.7 cm³/mol. The zero-order valence-corrected chi connectivity index (χ0v) is 10.6. The molecule has 0 amide bonds. The van der Waals surface area contributed by atoms with Crippen LogP contribution in [0.5, 0.6) is 0 Å². The number of nitrogens with two attached hydrogens (primary N) is 1. The summed E-state index contributed by atoms with van der Waals surface area (Å²) in [5.41, 5.74) is 7.83. The molecular weight excluding hydrogens is 214 g/mol. The molecule has 2 heterocycles. The van der Waals surface area contributed by atoms with Crippen molar-refractivity contribution in [3.8, 4) is 0 Å². The van der Waals surface area contributed by atoms with Crippen molar-refractivity contribution >= 4 is 0 Å². The molecular formula is C13H21N3O. The zero-order valence-electron chi connectivity index (χ0n) is 10.6. The van der Waals surface area contributed by atoms with Gasteiger partial charge in [0.1, 0.15) is 5.82 Å². The van der Waals surface area contributed by atoms with Crippen molar-refractivity contribution in [1.29, 1.82) is 0 Å². The topological polar surface area (TPSA) is 61.0 Å². The molecule has 1 aromatic heterocycles. The molecule has 0 aromatic carbocycles. The van der Waals surface area contributed by atoms with Gasteiger partial charge in [-0.05, 0) is 18.8 Å². The minimum atomic E-state index is 0.304. The van der Waals surface area contributed by atoms with Crippen LogP contribution in [0.15, 0.2) is 6.20 Å². The van der Waals surface area contributed by atoms with Crippen LogP contribution in [0.1, 0.15) is 49.7 Å². The second-order valence-electron chi connectivity index (χ2n) is 4.89. The smallest absolute Gasteiger partial charge is 0.131 e. The summed E-state index contributed by atoms with van der Waals surface area (Å²) in [6.45, 7) is 5.66. The standard InChI is InChI=1S/C13H21N3O/c1-9(2)13-10(7-14)8-15-12(16-13)6-11-4-3-5-17-11/h8-9,11H,3-7,14H2,1-2H3. The number of ether oxygens (including phenoxy) is 1. The first-order chi connectivity index (χ1) is 8.20. The van der Waals surface area contributed by atoms with Crippen molar-refractivity contribution in [1.82, 2.24) is 9.97 Å². The van der Waals surface area contributed by atoms with Gasteiger partial charge in [-0.3, -0.25) is 0 Å². The Hall–Kier alpha value is -1.00. The Morgan fingerprint density at radius 2 is 2.35 bits per heavy atom. The fourth-order valence-electron chi connectivity index (χ4n) is 2.22. The van der Waals surface area contributed by atoms with Crippen LogP contribution in [-0.4, -0.2) is 22.7 Å². The second kappa shape index (κ2) is 5.56. The van der Waals surface area contributed by atoms with E-state index < -0.39 is 0 Å². The van der Waals surface area contributed by atoms with Crippen molar-refractivity contribution in [3.05, 3.63) is 23.3 Å². The summed E-state index contributed by atoms with van der Waals surface area (Å²) in [4.78, 5) is 9.02. The Morgan fingerprint density at radius 1 is 1.53 bits per heavy atom. The van der Waals surface area contributed by atoms with Crippen LogP contribution in [0.2, 0.25) is 0 Å². The fraction of sp³-hybridized carbons (Fsp3) is 0.692. The number of rotatable bonds is 4. The molecule has 2 N–H and O–H groups in total. The molecule has 1 aliphatic heterocycles. The minimum absolute atomic E-state index is 0.304. The SMILES string of the molecule is CC(C)c1nc(CC2CCCO2)ncc1CN. The molecule has 1 aromatic rings. The van der Waals surface area contributed by atoms with Gasteiger partial charge in [-0.25, -0.2) is 9.97 Å². The van der Waals surface area contributed by atoms with Gasteiger partial charge in [0.2, 0.25) is 0 Å². The van der Waals surface area contributed by atoms with E-state index in [-0.39, 0.29) is 0 Å². The van der Waals surface area contributed by atoms with Gasteiger partial charge < -0.3 is 10.5 Å². The highest BCUT2D eigenvalue weighted by atomic mass is 16.5. The predicted octanol–water partition coefficient (Wildman–Crippen LogP) is 1.78. The minimum Gasteiger partial charge on any atom is -0.378 e. The van der Waals surface area contributed by atoms with Gasteiger partial charge >= 0.3 is 0 Å². The second-order valence-corrected chi connectivity index (χ2v) is 4.89. The third kappa shape index (κ3) is 3.01. The first-order valence-electron chi connectivity index (χ1n) is 6.37. The summed E-state index contributed by atoms with van der Waals surface area (Å²) in [5.74, 6) is 1.28. The average molecular weight is 235 g/mol. The quantitative estimate of drug-likeness (QED) is 0.864. The molecule has 4 heteroatoms. The van der Waals surface area contributed by atoms with Crippen LogP contribution < -0.4 is 5.73 Å². The van der Waals surface area contributed by atoms with E-state index in [1.54, 1.807) is 0 Å². The third-order valence-electron chi connectivity index (χ3n) is 3.15. The lowest BCUT2D eigenvalue weighted by molar-refractivity contribution is 0.110. The molecule has 1 aliphatic rings. The summed E-state index contributed by atoms with van der Waals surface area (Å²) < 4.78 is 5.61. The molecule has 17 heavy (non-hydrogen) atoms. The summed E-state index contributed by atoms with van der Waals surface area (Å²) in [6.07, 6.45) is 5.28. The summed E-state index contributed by atoms with van der Waals surface area (Å²) >= 11 is 0. The Balaban J connectivity index is 2.14. The maximum absolute atomic E-state index is 5.70. The Bertz CT molecular complexity index is 373. The monoisotopic (exact) mass is 235 g/mol. The maximum Gasteiger partial charge on any atom is 0.131 e. The molecule has 4 nitrogen and oxygen atoms in total. The van der Waals surface area contributed by atoms with Gasteiger partial charge in [0.05, 0.1) is 11.8 Å². The Morgan fingerprint density at radius 3 is 2.94 bits per heavy atom. The highest BCUT2D eigenvalue weighted by molar-refractivity contribution is 5.20. The van der Waals surface area contributed by atoms with Crippen molar-refractivity contribution in [2.75, 3.05) is 6.61 Å². The number of hydrogen-bond acceptors (Lipinski definition) is 4. The molecule has 1 saturated heterocycles. The van der Waals surface area contributed by atoms with Gasteiger partial charge in [0.25, 0.3) is 0 Å². The van der Waals surface area contributed by atoms with Gasteiger partial charge in [0, 0.05) is 31.3 Å². The lowest BCUT2D eigenvalue weighted by atomic mass is 10.0. The highest BCUT2D eigenvalue weighted by Gasteiger charge is 2.18. The van der Waals surface area contributed by atoms with Crippen LogP contribution >= 0.6 is 0 Å². The zero-order chi connectivity index (χ0) is 12.3. The van der Waals surface area contributed by atoms with Crippen LogP contribution in [-0.2, 0) is 17.7 Å². The number of nitrogens with zero attached hydrogens (tertiary/aromatic N) is 2. The summed E-state index contributed by atoms with van der Waals surface area (Å²) in [6, 6.07) is 0. The molecule has 0 aliphatic carbocycles. The van der Waals surface area contributed by atoms with Gasteiger partial charge in [-0.2, -0.15) is 0 Å². The molecule has 0 bridgehead atoms. The van der Waals surface area contributed by atoms with E-state index in [0.717, 1.165) is 43.0 Å². The van der Waals surface area contributed by atoms with E-state index in [4.69, 9.17) is 10.5 Å². The average Bonchev–Trinajstić information content (AvgIpc) is 2.81. The maximum atomic E-state index is 5.70. The fourth-order valence-corrected chi connectivity index (χ4v) is 2.22. The summed E-state index contributed by atoms with van der Waals surface area (Å²) in [5, 5.41) is 0. The van der Waals surface area contributed by atoms with E-state index in [9.17, 15) is 0 Å².